The highest BCUT2D eigenvalue weighted by atomic mass is 19.4. The number of oxime groups is 1. The number of nitrogens with zero attached hydrogens (tertiary/aromatic N) is 3. The molecule has 2 rings (SSSR count). The second kappa shape index (κ2) is 5.19. The third-order valence-corrected chi connectivity index (χ3v) is 2.42. The molecular weight excluding hydrogens is 277 g/mol. The SMILES string of the molecule is CN/C(=N\O)c1ccc(-c2noc(C(F)(F)F)n2)cc1. The van der Waals surface area contributed by atoms with Gasteiger partial charge in [-0.3, -0.25) is 0 Å². The maximum atomic E-state index is 12.3. The highest BCUT2D eigenvalue weighted by molar-refractivity contribution is 5.98. The fourth-order valence-electron chi connectivity index (χ4n) is 1.49. The van der Waals surface area contributed by atoms with Crippen LogP contribution in [0.1, 0.15) is 11.5 Å². The van der Waals surface area contributed by atoms with E-state index in [0.29, 0.717) is 11.1 Å². The van der Waals surface area contributed by atoms with E-state index in [1.54, 1.807) is 19.2 Å². The highest BCUT2D eigenvalue weighted by Crippen LogP contribution is 2.29. The average molecular weight is 286 g/mol. The molecule has 20 heavy (non-hydrogen) atoms. The standard InChI is InChI=1S/C11H9F3N4O2/c1-15-8(17-19)6-2-4-7(5-3-6)9-16-10(20-18-9)11(12,13)14/h2-5,19H,1H3,(H,15,17). The van der Waals surface area contributed by atoms with Crippen LogP contribution in [-0.4, -0.2) is 28.2 Å². The van der Waals surface area contributed by atoms with Gasteiger partial charge in [0.2, 0.25) is 5.82 Å². The molecule has 1 aromatic carbocycles. The molecule has 0 bridgehead atoms. The van der Waals surface area contributed by atoms with Crippen LogP contribution in [-0.2, 0) is 6.18 Å². The summed E-state index contributed by atoms with van der Waals surface area (Å²) in [5, 5.41) is 17.7. The van der Waals surface area contributed by atoms with Crippen molar-refractivity contribution >= 4 is 5.84 Å². The minimum absolute atomic E-state index is 0.171. The van der Waals surface area contributed by atoms with Gasteiger partial charge in [0.25, 0.3) is 0 Å². The van der Waals surface area contributed by atoms with Crippen molar-refractivity contribution in [3.8, 4) is 11.4 Å². The number of benzene rings is 1. The molecule has 0 atom stereocenters. The molecule has 0 aliphatic heterocycles. The first-order valence-corrected chi connectivity index (χ1v) is 5.37. The Morgan fingerprint density at radius 2 is 1.95 bits per heavy atom. The van der Waals surface area contributed by atoms with Crippen LogP contribution >= 0.6 is 0 Å². The molecule has 0 unspecified atom stereocenters. The average Bonchev–Trinajstić information content (AvgIpc) is 2.90. The Hall–Kier alpha value is -2.58. The van der Waals surface area contributed by atoms with Gasteiger partial charge < -0.3 is 15.0 Å². The number of hydrogen-bond donors (Lipinski definition) is 2. The summed E-state index contributed by atoms with van der Waals surface area (Å²) in [6.07, 6.45) is -4.67. The minimum atomic E-state index is -4.67. The summed E-state index contributed by atoms with van der Waals surface area (Å²) in [6, 6.07) is 6.07. The zero-order valence-electron chi connectivity index (χ0n) is 10.1. The van der Waals surface area contributed by atoms with E-state index in [0.717, 1.165) is 0 Å². The maximum absolute atomic E-state index is 12.3. The van der Waals surface area contributed by atoms with Gasteiger partial charge in [0.05, 0.1) is 0 Å². The summed E-state index contributed by atoms with van der Waals surface area (Å²) in [6.45, 7) is 0. The van der Waals surface area contributed by atoms with Crippen LogP contribution in [0.5, 0.6) is 0 Å². The second-order valence-corrected chi connectivity index (χ2v) is 3.70. The normalized spacial score (nSPS) is 12.5. The molecule has 1 aromatic heterocycles. The van der Waals surface area contributed by atoms with E-state index < -0.39 is 12.1 Å². The molecule has 0 saturated carbocycles. The molecule has 0 saturated heterocycles. The second-order valence-electron chi connectivity index (χ2n) is 3.70. The molecule has 0 fully saturated rings. The van der Waals surface area contributed by atoms with Gasteiger partial charge in [-0.1, -0.05) is 34.6 Å². The van der Waals surface area contributed by atoms with Crippen molar-refractivity contribution in [3.63, 3.8) is 0 Å². The largest absolute Gasteiger partial charge is 0.471 e. The van der Waals surface area contributed by atoms with Crippen LogP contribution < -0.4 is 5.32 Å². The van der Waals surface area contributed by atoms with E-state index in [1.165, 1.54) is 12.1 Å². The third kappa shape index (κ3) is 2.71. The van der Waals surface area contributed by atoms with Crippen molar-refractivity contribution < 1.29 is 22.9 Å². The molecule has 0 radical (unpaired) electrons. The van der Waals surface area contributed by atoms with Gasteiger partial charge in [0.1, 0.15) is 0 Å². The van der Waals surface area contributed by atoms with Gasteiger partial charge in [-0.2, -0.15) is 18.2 Å². The molecule has 9 heteroatoms. The maximum Gasteiger partial charge on any atom is 0.471 e. The van der Waals surface area contributed by atoms with Crippen molar-refractivity contribution in [1.82, 2.24) is 15.5 Å². The molecule has 1 heterocycles. The molecule has 0 aliphatic rings. The van der Waals surface area contributed by atoms with Gasteiger partial charge in [-0.25, -0.2) is 0 Å². The number of hydrogen-bond acceptors (Lipinski definition) is 5. The van der Waals surface area contributed by atoms with Crippen molar-refractivity contribution in [2.24, 2.45) is 5.16 Å². The van der Waals surface area contributed by atoms with Crippen molar-refractivity contribution in [3.05, 3.63) is 35.7 Å². The Bertz CT molecular complexity index is 619. The van der Waals surface area contributed by atoms with E-state index in [-0.39, 0.29) is 11.7 Å². The quantitative estimate of drug-likeness (QED) is 0.382. The Morgan fingerprint density at radius 3 is 2.40 bits per heavy atom. The Balaban J connectivity index is 2.29. The summed E-state index contributed by atoms with van der Waals surface area (Å²) in [7, 11) is 1.57. The third-order valence-electron chi connectivity index (χ3n) is 2.42. The van der Waals surface area contributed by atoms with Crippen LogP contribution in [0.3, 0.4) is 0 Å². The number of halogens is 3. The van der Waals surface area contributed by atoms with Crippen molar-refractivity contribution in [2.45, 2.75) is 6.18 Å². The molecular formula is C11H9F3N4O2. The summed E-state index contributed by atoms with van der Waals surface area (Å²) < 4.78 is 41.1. The lowest BCUT2D eigenvalue weighted by Crippen LogP contribution is -2.19. The fourth-order valence-corrected chi connectivity index (χ4v) is 1.49. The Kier molecular flexibility index (Phi) is 3.59. The molecule has 106 valence electrons. The van der Waals surface area contributed by atoms with E-state index in [1.807, 2.05) is 0 Å². The number of amidine groups is 1. The molecule has 6 nitrogen and oxygen atoms in total. The topological polar surface area (TPSA) is 83.5 Å². The number of aromatic nitrogens is 2. The lowest BCUT2D eigenvalue weighted by molar-refractivity contribution is -0.159. The number of nitrogens with one attached hydrogen (secondary N) is 1. The first-order chi connectivity index (χ1) is 9.45. The molecule has 2 aromatic rings. The molecule has 0 spiro atoms. The molecule has 2 N–H and O–H groups in total. The van der Waals surface area contributed by atoms with Gasteiger partial charge >= 0.3 is 12.1 Å². The predicted molar refractivity (Wildman–Crippen MR) is 62.1 cm³/mol. The van der Waals surface area contributed by atoms with Crippen molar-refractivity contribution in [2.75, 3.05) is 7.05 Å². The monoisotopic (exact) mass is 286 g/mol. The van der Waals surface area contributed by atoms with Crippen LogP contribution in [0.25, 0.3) is 11.4 Å². The highest BCUT2D eigenvalue weighted by Gasteiger charge is 2.38. The first-order valence-electron chi connectivity index (χ1n) is 5.37. The molecule has 0 aliphatic carbocycles. The lowest BCUT2D eigenvalue weighted by Gasteiger charge is -2.03. The van der Waals surface area contributed by atoms with Gasteiger partial charge in [0.15, 0.2) is 5.84 Å². The Morgan fingerprint density at radius 1 is 1.30 bits per heavy atom. The smallest absolute Gasteiger partial charge is 0.409 e. The van der Waals surface area contributed by atoms with E-state index in [2.05, 4.69) is 25.1 Å². The van der Waals surface area contributed by atoms with Crippen LogP contribution in [0.15, 0.2) is 33.9 Å². The number of alkyl halides is 3. The fraction of sp³-hybridized carbons (Fsp3) is 0.182. The number of rotatable bonds is 2. The van der Waals surface area contributed by atoms with Gasteiger partial charge in [0, 0.05) is 18.2 Å². The van der Waals surface area contributed by atoms with E-state index in [4.69, 9.17) is 5.21 Å². The lowest BCUT2D eigenvalue weighted by atomic mass is 10.1. The van der Waals surface area contributed by atoms with Gasteiger partial charge in [-0.05, 0) is 0 Å². The van der Waals surface area contributed by atoms with Crippen LogP contribution in [0.4, 0.5) is 13.2 Å². The van der Waals surface area contributed by atoms with Crippen molar-refractivity contribution in [1.29, 1.82) is 0 Å². The molecule has 0 amide bonds. The minimum Gasteiger partial charge on any atom is -0.409 e. The summed E-state index contributed by atoms with van der Waals surface area (Å²) in [5.74, 6) is -1.35. The summed E-state index contributed by atoms with van der Waals surface area (Å²) in [4.78, 5) is 3.27. The van der Waals surface area contributed by atoms with Crippen LogP contribution in [0, 0.1) is 0 Å². The zero-order valence-corrected chi connectivity index (χ0v) is 10.1. The summed E-state index contributed by atoms with van der Waals surface area (Å²) in [5.41, 5.74) is 0.902. The van der Waals surface area contributed by atoms with E-state index >= 15 is 0 Å². The summed E-state index contributed by atoms with van der Waals surface area (Å²) >= 11 is 0. The first kappa shape index (κ1) is 13.8. The van der Waals surface area contributed by atoms with Gasteiger partial charge in [-0.15, -0.1) is 0 Å². The zero-order chi connectivity index (χ0) is 14.8. The van der Waals surface area contributed by atoms with E-state index in [9.17, 15) is 13.2 Å². The van der Waals surface area contributed by atoms with Crippen LogP contribution in [0.2, 0.25) is 0 Å². The predicted octanol–water partition coefficient (Wildman–Crippen LogP) is 2.11. The Labute approximate surface area is 110 Å².